The van der Waals surface area contributed by atoms with Crippen LogP contribution in [0.25, 0.3) is 0 Å². The van der Waals surface area contributed by atoms with Crippen molar-refractivity contribution in [2.45, 2.75) is 25.5 Å². The zero-order valence-electron chi connectivity index (χ0n) is 8.43. The maximum Gasteiger partial charge on any atom is 0.307 e. The van der Waals surface area contributed by atoms with Gasteiger partial charge in [-0.15, -0.1) is 0 Å². The topological polar surface area (TPSA) is 58.6 Å². The summed E-state index contributed by atoms with van der Waals surface area (Å²) in [5.74, 6) is -0.116. The van der Waals surface area contributed by atoms with E-state index in [0.29, 0.717) is 0 Å². The summed E-state index contributed by atoms with van der Waals surface area (Å²) in [6, 6.07) is 7.55. The molecule has 15 heavy (non-hydrogen) atoms. The summed E-state index contributed by atoms with van der Waals surface area (Å²) < 4.78 is 5.61. The maximum absolute atomic E-state index is 10.6. The van der Waals surface area contributed by atoms with E-state index in [1.54, 1.807) is 0 Å². The molecule has 1 aromatic carbocycles. The van der Waals surface area contributed by atoms with Crippen molar-refractivity contribution in [1.82, 2.24) is 0 Å². The summed E-state index contributed by atoms with van der Waals surface area (Å²) in [5, 5.41) is 12.0. The van der Waals surface area contributed by atoms with E-state index in [1.807, 2.05) is 31.2 Å². The van der Waals surface area contributed by atoms with E-state index in [2.05, 4.69) is 5.32 Å². The van der Waals surface area contributed by atoms with Crippen molar-refractivity contribution in [3.8, 4) is 5.75 Å². The van der Waals surface area contributed by atoms with Gasteiger partial charge < -0.3 is 15.2 Å². The Morgan fingerprint density at radius 3 is 3.00 bits per heavy atom. The lowest BCUT2D eigenvalue weighted by atomic mass is 10.1. The molecule has 1 aliphatic heterocycles. The van der Waals surface area contributed by atoms with Gasteiger partial charge in [-0.05, 0) is 19.1 Å². The van der Waals surface area contributed by atoms with Crippen molar-refractivity contribution in [3.05, 3.63) is 24.3 Å². The summed E-state index contributed by atoms with van der Waals surface area (Å²) in [5.41, 5.74) is 0.923. The first-order valence-electron chi connectivity index (χ1n) is 4.91. The average molecular weight is 207 g/mol. The number of carboxylic acids is 1. The molecule has 0 radical (unpaired) electrons. The van der Waals surface area contributed by atoms with Gasteiger partial charge in [0.2, 0.25) is 0 Å². The van der Waals surface area contributed by atoms with Crippen molar-refractivity contribution in [2.24, 2.45) is 0 Å². The fourth-order valence-corrected chi connectivity index (χ4v) is 1.68. The molecule has 0 bridgehead atoms. The molecule has 80 valence electrons. The Balaban J connectivity index is 2.18. The Morgan fingerprint density at radius 2 is 2.27 bits per heavy atom. The predicted molar refractivity (Wildman–Crippen MR) is 56.2 cm³/mol. The van der Waals surface area contributed by atoms with Crippen molar-refractivity contribution < 1.29 is 14.6 Å². The average Bonchev–Trinajstić information content (AvgIpc) is 2.18. The number of nitrogens with one attached hydrogen (secondary N) is 1. The van der Waals surface area contributed by atoms with Crippen LogP contribution in [0, 0.1) is 0 Å². The van der Waals surface area contributed by atoms with Crippen LogP contribution in [0.15, 0.2) is 24.3 Å². The minimum Gasteiger partial charge on any atom is -0.486 e. The number of fused-ring (bicyclic) bond motifs is 1. The Morgan fingerprint density at radius 1 is 1.53 bits per heavy atom. The van der Waals surface area contributed by atoms with E-state index < -0.39 is 5.97 Å². The minimum absolute atomic E-state index is 0.0102. The number of hydrogen-bond acceptors (Lipinski definition) is 3. The molecule has 0 spiro atoms. The molecule has 0 aromatic heterocycles. The summed E-state index contributed by atoms with van der Waals surface area (Å²) in [4.78, 5) is 10.6. The molecular weight excluding hydrogens is 194 g/mol. The molecule has 1 aliphatic rings. The summed E-state index contributed by atoms with van der Waals surface area (Å²) in [6.45, 7) is 1.92. The van der Waals surface area contributed by atoms with E-state index in [4.69, 9.17) is 9.84 Å². The molecule has 2 atom stereocenters. The summed E-state index contributed by atoms with van der Waals surface area (Å²) in [7, 11) is 0. The molecule has 0 fully saturated rings. The number of rotatable bonds is 2. The van der Waals surface area contributed by atoms with Crippen LogP contribution in [0.4, 0.5) is 5.69 Å². The molecule has 0 amide bonds. The first-order chi connectivity index (χ1) is 7.16. The van der Waals surface area contributed by atoms with Gasteiger partial charge in [-0.1, -0.05) is 12.1 Å². The zero-order valence-corrected chi connectivity index (χ0v) is 8.43. The molecule has 2 unspecified atom stereocenters. The van der Waals surface area contributed by atoms with Gasteiger partial charge >= 0.3 is 5.97 Å². The number of carbonyl (C=O) groups is 1. The number of aliphatic carboxylic acids is 1. The Bertz CT molecular complexity index is 378. The maximum atomic E-state index is 10.6. The highest BCUT2D eigenvalue weighted by atomic mass is 16.5. The second-order valence-electron chi connectivity index (χ2n) is 3.68. The molecule has 4 nitrogen and oxygen atoms in total. The molecular formula is C11H13NO3. The Labute approximate surface area is 87.9 Å². The molecule has 2 N–H and O–H groups in total. The molecule has 0 saturated heterocycles. The Kier molecular flexibility index (Phi) is 2.49. The zero-order chi connectivity index (χ0) is 10.8. The highest BCUT2D eigenvalue weighted by Crippen LogP contribution is 2.31. The van der Waals surface area contributed by atoms with Gasteiger partial charge in [0.15, 0.2) is 0 Å². The van der Waals surface area contributed by atoms with Crippen LogP contribution >= 0.6 is 0 Å². The first-order valence-corrected chi connectivity index (χ1v) is 4.91. The van der Waals surface area contributed by atoms with E-state index >= 15 is 0 Å². The second-order valence-corrected chi connectivity index (χ2v) is 3.68. The lowest BCUT2D eigenvalue weighted by Gasteiger charge is -2.32. The molecule has 2 rings (SSSR count). The number of benzene rings is 1. The fourth-order valence-electron chi connectivity index (χ4n) is 1.68. The largest absolute Gasteiger partial charge is 0.486 e. The number of carboxylic acid groups (broad SMARTS) is 1. The van der Waals surface area contributed by atoms with Gasteiger partial charge in [0, 0.05) is 0 Å². The second kappa shape index (κ2) is 3.81. The Hall–Kier alpha value is -1.71. The highest BCUT2D eigenvalue weighted by Gasteiger charge is 2.27. The van der Waals surface area contributed by atoms with Crippen LogP contribution in [-0.2, 0) is 4.79 Å². The van der Waals surface area contributed by atoms with E-state index in [1.165, 1.54) is 0 Å². The normalized spacial score (nSPS) is 23.5. The SMILES string of the molecule is CC1Nc2ccccc2OC1CC(=O)O. The molecule has 0 aliphatic carbocycles. The molecule has 1 heterocycles. The molecule has 4 heteroatoms. The number of hydrogen-bond donors (Lipinski definition) is 2. The standard InChI is InChI=1S/C11H13NO3/c1-7-10(6-11(13)14)15-9-5-3-2-4-8(9)12-7/h2-5,7,10,12H,6H2,1H3,(H,13,14). The van der Waals surface area contributed by atoms with Gasteiger partial charge in [-0.25, -0.2) is 0 Å². The summed E-state index contributed by atoms with van der Waals surface area (Å²) in [6.07, 6.45) is -0.292. The minimum atomic E-state index is -0.840. The number of anilines is 1. The van der Waals surface area contributed by atoms with Crippen LogP contribution in [-0.4, -0.2) is 23.2 Å². The summed E-state index contributed by atoms with van der Waals surface area (Å²) >= 11 is 0. The third-order valence-corrected chi connectivity index (χ3v) is 2.48. The molecule has 0 saturated carbocycles. The van der Waals surface area contributed by atoms with E-state index in [0.717, 1.165) is 11.4 Å². The van der Waals surface area contributed by atoms with Gasteiger partial charge in [0.1, 0.15) is 11.9 Å². The van der Waals surface area contributed by atoms with Crippen molar-refractivity contribution in [3.63, 3.8) is 0 Å². The molecule has 1 aromatic rings. The lowest BCUT2D eigenvalue weighted by molar-refractivity contribution is -0.139. The van der Waals surface area contributed by atoms with Gasteiger partial charge in [-0.3, -0.25) is 4.79 Å². The van der Waals surface area contributed by atoms with Gasteiger partial charge in [0.25, 0.3) is 0 Å². The number of ether oxygens (including phenoxy) is 1. The van der Waals surface area contributed by atoms with Crippen LogP contribution in [0.2, 0.25) is 0 Å². The van der Waals surface area contributed by atoms with Crippen LogP contribution < -0.4 is 10.1 Å². The third-order valence-electron chi connectivity index (χ3n) is 2.48. The van der Waals surface area contributed by atoms with E-state index in [-0.39, 0.29) is 18.6 Å². The lowest BCUT2D eigenvalue weighted by Crippen LogP contribution is -2.40. The fraction of sp³-hybridized carbons (Fsp3) is 0.364. The smallest absolute Gasteiger partial charge is 0.307 e. The first kappa shape index (κ1) is 9.83. The van der Waals surface area contributed by atoms with Crippen LogP contribution in [0.1, 0.15) is 13.3 Å². The third kappa shape index (κ3) is 2.03. The number of para-hydroxylation sites is 2. The highest BCUT2D eigenvalue weighted by molar-refractivity contribution is 5.68. The van der Waals surface area contributed by atoms with E-state index in [9.17, 15) is 4.79 Å². The van der Waals surface area contributed by atoms with Gasteiger partial charge in [0.05, 0.1) is 18.2 Å². The van der Waals surface area contributed by atoms with Crippen molar-refractivity contribution in [1.29, 1.82) is 0 Å². The van der Waals surface area contributed by atoms with Crippen molar-refractivity contribution in [2.75, 3.05) is 5.32 Å². The quantitative estimate of drug-likeness (QED) is 0.775. The van der Waals surface area contributed by atoms with Crippen LogP contribution in [0.3, 0.4) is 0 Å². The predicted octanol–water partition coefficient (Wildman–Crippen LogP) is 1.72. The van der Waals surface area contributed by atoms with Crippen LogP contribution in [0.5, 0.6) is 5.75 Å². The van der Waals surface area contributed by atoms with Crippen molar-refractivity contribution >= 4 is 11.7 Å². The van der Waals surface area contributed by atoms with Gasteiger partial charge in [-0.2, -0.15) is 0 Å². The monoisotopic (exact) mass is 207 g/mol.